The number of rotatable bonds is 5. The summed E-state index contributed by atoms with van der Waals surface area (Å²) in [4.78, 5) is 12.7. The minimum absolute atomic E-state index is 0.161. The van der Waals surface area contributed by atoms with Crippen molar-refractivity contribution in [3.05, 3.63) is 28.6 Å². The number of aliphatic hydroxyl groups excluding tert-OH is 1. The van der Waals surface area contributed by atoms with Crippen LogP contribution < -0.4 is 11.1 Å². The van der Waals surface area contributed by atoms with Crippen LogP contribution >= 0.6 is 11.3 Å². The molecule has 1 atom stereocenters. The van der Waals surface area contributed by atoms with E-state index in [0.29, 0.717) is 30.0 Å². The normalized spacial score (nSPS) is 12.6. The molecule has 1 aromatic heterocycles. The van der Waals surface area contributed by atoms with E-state index in [9.17, 15) is 9.90 Å². The molecule has 2 rings (SSSR count). The molecule has 4 N–H and O–H groups in total. The van der Waals surface area contributed by atoms with Gasteiger partial charge in [0.15, 0.2) is 0 Å². The first-order chi connectivity index (χ1) is 9.54. The van der Waals surface area contributed by atoms with Gasteiger partial charge in [0, 0.05) is 16.6 Å². The zero-order valence-electron chi connectivity index (χ0n) is 11.8. The van der Waals surface area contributed by atoms with Crippen molar-refractivity contribution < 1.29 is 9.90 Å². The highest BCUT2D eigenvalue weighted by molar-refractivity contribution is 7.21. The van der Waals surface area contributed by atoms with Gasteiger partial charge in [0.05, 0.1) is 11.8 Å². The summed E-state index contributed by atoms with van der Waals surface area (Å²) in [5, 5.41) is 13.2. The molecular weight excluding hydrogens is 272 g/mol. The predicted octanol–water partition coefficient (Wildman–Crippen LogP) is 2.68. The summed E-state index contributed by atoms with van der Waals surface area (Å²) in [7, 11) is 0. The zero-order valence-corrected chi connectivity index (χ0v) is 12.6. The molecule has 1 amide bonds. The van der Waals surface area contributed by atoms with E-state index in [-0.39, 0.29) is 12.0 Å². The maximum atomic E-state index is 12.2. The molecule has 0 radical (unpaired) electrons. The van der Waals surface area contributed by atoms with Crippen LogP contribution in [0.15, 0.2) is 18.2 Å². The topological polar surface area (TPSA) is 75.3 Å². The average Bonchev–Trinajstić information content (AvgIpc) is 2.78. The van der Waals surface area contributed by atoms with Gasteiger partial charge in [0.25, 0.3) is 5.91 Å². The summed E-state index contributed by atoms with van der Waals surface area (Å²) in [6.45, 7) is 4.39. The summed E-state index contributed by atoms with van der Waals surface area (Å²) in [5.41, 5.74) is 7.74. The Labute approximate surface area is 122 Å². The van der Waals surface area contributed by atoms with Gasteiger partial charge >= 0.3 is 0 Å². The maximum absolute atomic E-state index is 12.2. The van der Waals surface area contributed by atoms with Gasteiger partial charge in [-0.25, -0.2) is 0 Å². The number of anilines is 1. The van der Waals surface area contributed by atoms with Crippen molar-refractivity contribution in [2.24, 2.45) is 0 Å². The van der Waals surface area contributed by atoms with E-state index in [0.717, 1.165) is 15.6 Å². The van der Waals surface area contributed by atoms with Crippen LogP contribution in [0.2, 0.25) is 0 Å². The van der Waals surface area contributed by atoms with E-state index in [1.54, 1.807) is 0 Å². The fraction of sp³-hybridized carbons (Fsp3) is 0.400. The van der Waals surface area contributed by atoms with Gasteiger partial charge in [-0.1, -0.05) is 25.1 Å². The first-order valence-corrected chi connectivity index (χ1v) is 7.60. The fourth-order valence-electron chi connectivity index (χ4n) is 2.08. The van der Waals surface area contributed by atoms with Crippen molar-refractivity contribution >= 4 is 33.0 Å². The average molecular weight is 292 g/mol. The summed E-state index contributed by atoms with van der Waals surface area (Å²) in [5.74, 6) is -0.161. The number of hydrogen-bond acceptors (Lipinski definition) is 4. The SMILES string of the molecule is CCC(O)CCNC(=O)c1sc2c(C)cccc2c1N. The van der Waals surface area contributed by atoms with Crippen molar-refractivity contribution in [2.75, 3.05) is 12.3 Å². The Hall–Kier alpha value is -1.59. The number of carbonyl (C=O) groups is 1. The lowest BCUT2D eigenvalue weighted by molar-refractivity contribution is 0.0947. The standard InChI is InChI=1S/C15H20N2O2S/c1-3-10(18)7-8-17-15(19)14-12(16)11-6-4-5-9(2)13(11)20-14/h4-6,10,18H,3,7-8,16H2,1-2H3,(H,17,19). The fourth-order valence-corrected chi connectivity index (χ4v) is 3.19. The third kappa shape index (κ3) is 2.94. The molecule has 1 unspecified atom stereocenters. The first-order valence-electron chi connectivity index (χ1n) is 6.78. The van der Waals surface area contributed by atoms with Crippen molar-refractivity contribution in [3.63, 3.8) is 0 Å². The van der Waals surface area contributed by atoms with Gasteiger partial charge in [-0.3, -0.25) is 4.79 Å². The number of nitrogen functional groups attached to an aromatic ring is 1. The van der Waals surface area contributed by atoms with E-state index in [1.807, 2.05) is 32.0 Å². The second-order valence-corrected chi connectivity index (χ2v) is 5.92. The summed E-state index contributed by atoms with van der Waals surface area (Å²) in [6, 6.07) is 5.89. The number of amides is 1. The minimum atomic E-state index is -0.364. The van der Waals surface area contributed by atoms with Gasteiger partial charge in [0.2, 0.25) is 0 Å². The third-order valence-electron chi connectivity index (χ3n) is 3.39. The monoisotopic (exact) mass is 292 g/mol. The van der Waals surface area contributed by atoms with Crippen LogP contribution in [0.5, 0.6) is 0 Å². The lowest BCUT2D eigenvalue weighted by Gasteiger charge is -2.08. The number of benzene rings is 1. The Morgan fingerprint density at radius 2 is 2.25 bits per heavy atom. The Morgan fingerprint density at radius 3 is 2.90 bits per heavy atom. The van der Waals surface area contributed by atoms with Crippen LogP contribution in [0, 0.1) is 6.92 Å². The number of aliphatic hydroxyl groups is 1. The molecule has 0 aliphatic rings. The van der Waals surface area contributed by atoms with Gasteiger partial charge in [-0.15, -0.1) is 11.3 Å². The molecular formula is C15H20N2O2S. The Balaban J connectivity index is 2.14. The van der Waals surface area contributed by atoms with Gasteiger partial charge in [-0.05, 0) is 25.3 Å². The van der Waals surface area contributed by atoms with E-state index in [2.05, 4.69) is 5.32 Å². The minimum Gasteiger partial charge on any atom is -0.397 e. The number of fused-ring (bicyclic) bond motifs is 1. The largest absolute Gasteiger partial charge is 0.397 e. The Morgan fingerprint density at radius 1 is 1.50 bits per heavy atom. The van der Waals surface area contributed by atoms with E-state index in [4.69, 9.17) is 5.73 Å². The Bertz CT molecular complexity index is 622. The van der Waals surface area contributed by atoms with Crippen molar-refractivity contribution in [1.82, 2.24) is 5.32 Å². The van der Waals surface area contributed by atoms with Crippen molar-refractivity contribution in [1.29, 1.82) is 0 Å². The van der Waals surface area contributed by atoms with Crippen LogP contribution in [-0.2, 0) is 0 Å². The number of thiophene rings is 1. The molecule has 1 aromatic carbocycles. The number of nitrogens with one attached hydrogen (secondary N) is 1. The molecule has 0 spiro atoms. The second kappa shape index (κ2) is 6.24. The molecule has 0 aliphatic carbocycles. The van der Waals surface area contributed by atoms with Gasteiger partial charge < -0.3 is 16.2 Å². The molecule has 1 heterocycles. The van der Waals surface area contributed by atoms with Crippen molar-refractivity contribution in [3.8, 4) is 0 Å². The number of aryl methyl sites for hydroxylation is 1. The molecule has 0 fully saturated rings. The summed E-state index contributed by atoms with van der Waals surface area (Å²) >= 11 is 1.42. The highest BCUT2D eigenvalue weighted by atomic mass is 32.1. The van der Waals surface area contributed by atoms with E-state index >= 15 is 0 Å². The lowest BCUT2D eigenvalue weighted by atomic mass is 10.1. The molecule has 0 aliphatic heterocycles. The predicted molar refractivity (Wildman–Crippen MR) is 84.2 cm³/mol. The highest BCUT2D eigenvalue weighted by Crippen LogP contribution is 2.35. The zero-order chi connectivity index (χ0) is 14.7. The highest BCUT2D eigenvalue weighted by Gasteiger charge is 2.17. The summed E-state index contributed by atoms with van der Waals surface area (Å²) in [6.07, 6.45) is 0.892. The number of hydrogen-bond donors (Lipinski definition) is 3. The van der Waals surface area contributed by atoms with E-state index < -0.39 is 0 Å². The van der Waals surface area contributed by atoms with Gasteiger partial charge in [0.1, 0.15) is 4.88 Å². The molecule has 5 heteroatoms. The quantitative estimate of drug-likeness (QED) is 0.793. The number of nitrogens with two attached hydrogens (primary N) is 1. The van der Waals surface area contributed by atoms with Crippen LogP contribution in [0.3, 0.4) is 0 Å². The number of carbonyl (C=O) groups excluding carboxylic acids is 1. The third-order valence-corrected chi connectivity index (χ3v) is 4.75. The maximum Gasteiger partial charge on any atom is 0.263 e. The molecule has 4 nitrogen and oxygen atoms in total. The molecule has 0 saturated carbocycles. The second-order valence-electron chi connectivity index (χ2n) is 4.90. The lowest BCUT2D eigenvalue weighted by Crippen LogP contribution is -2.26. The summed E-state index contributed by atoms with van der Waals surface area (Å²) < 4.78 is 1.06. The molecule has 0 bridgehead atoms. The molecule has 20 heavy (non-hydrogen) atoms. The first kappa shape index (κ1) is 14.8. The van der Waals surface area contributed by atoms with Crippen LogP contribution in [0.1, 0.15) is 35.0 Å². The van der Waals surface area contributed by atoms with Crippen molar-refractivity contribution in [2.45, 2.75) is 32.8 Å². The van der Waals surface area contributed by atoms with Crippen LogP contribution in [0.25, 0.3) is 10.1 Å². The smallest absolute Gasteiger partial charge is 0.263 e. The Kier molecular flexibility index (Phi) is 4.62. The molecule has 108 valence electrons. The molecule has 2 aromatic rings. The van der Waals surface area contributed by atoms with Gasteiger partial charge in [-0.2, -0.15) is 0 Å². The molecule has 0 saturated heterocycles. The van der Waals surface area contributed by atoms with Crippen LogP contribution in [0.4, 0.5) is 5.69 Å². The van der Waals surface area contributed by atoms with Crippen LogP contribution in [-0.4, -0.2) is 23.7 Å². The van der Waals surface area contributed by atoms with E-state index in [1.165, 1.54) is 11.3 Å².